The summed E-state index contributed by atoms with van der Waals surface area (Å²) in [5.74, 6) is -0.913. The van der Waals surface area contributed by atoms with Crippen LogP contribution in [0.1, 0.15) is 142 Å². The average molecular weight is 605 g/mol. The summed E-state index contributed by atoms with van der Waals surface area (Å²) in [6.07, 6.45) is 24.2. The standard InChI is InChI=1S/C31H57O9P/c1-3-5-7-8-11-16-20-24-31(33)39-27(26-38-41(34,35)36)25-37-30(32)23-19-15-13-10-9-12-14-18-22-29-28(40-29)21-17-6-4-2/h14,18,27-29H,3-13,15-17,19-26H2,1-2H3,(H2,34,35,36)/b18-14-/t27-,28?,29?/m1/s1. The van der Waals surface area contributed by atoms with E-state index in [1.165, 1.54) is 44.9 Å². The van der Waals surface area contributed by atoms with Gasteiger partial charge in [-0.05, 0) is 38.5 Å². The lowest BCUT2D eigenvalue weighted by Gasteiger charge is -2.18. The molecule has 0 aromatic rings. The van der Waals surface area contributed by atoms with E-state index in [9.17, 15) is 14.2 Å². The lowest BCUT2D eigenvalue weighted by molar-refractivity contribution is -0.161. The molecular weight excluding hydrogens is 547 g/mol. The number of ether oxygens (including phenoxy) is 3. The molecule has 0 aromatic carbocycles. The van der Waals surface area contributed by atoms with Gasteiger partial charge in [-0.1, -0.05) is 103 Å². The number of phosphoric acid groups is 1. The zero-order valence-electron chi connectivity index (χ0n) is 25.6. The van der Waals surface area contributed by atoms with Crippen molar-refractivity contribution in [3.8, 4) is 0 Å². The first-order valence-corrected chi connectivity index (χ1v) is 17.6. The van der Waals surface area contributed by atoms with Gasteiger partial charge in [0.2, 0.25) is 0 Å². The molecule has 1 rings (SSSR count). The van der Waals surface area contributed by atoms with Crippen molar-refractivity contribution in [1.82, 2.24) is 0 Å². The lowest BCUT2D eigenvalue weighted by atomic mass is 10.1. The molecule has 0 aromatic heterocycles. The van der Waals surface area contributed by atoms with Crippen LogP contribution in [0.15, 0.2) is 12.2 Å². The molecule has 9 nitrogen and oxygen atoms in total. The number of hydrogen-bond donors (Lipinski definition) is 2. The largest absolute Gasteiger partial charge is 0.469 e. The van der Waals surface area contributed by atoms with Crippen LogP contribution in [0.3, 0.4) is 0 Å². The highest BCUT2D eigenvalue weighted by Crippen LogP contribution is 2.36. The van der Waals surface area contributed by atoms with Crippen molar-refractivity contribution >= 4 is 19.8 Å². The quantitative estimate of drug-likeness (QED) is 0.0303. The molecule has 2 N–H and O–H groups in total. The molecule has 0 aliphatic carbocycles. The Labute approximate surface area is 248 Å². The summed E-state index contributed by atoms with van der Waals surface area (Å²) >= 11 is 0. The Morgan fingerprint density at radius 1 is 0.756 bits per heavy atom. The fourth-order valence-corrected chi connectivity index (χ4v) is 5.03. The Bertz CT molecular complexity index is 752. The molecule has 1 saturated heterocycles. The third-order valence-electron chi connectivity index (χ3n) is 7.21. The molecule has 1 aliphatic rings. The molecule has 0 spiro atoms. The van der Waals surface area contributed by atoms with Crippen LogP contribution in [0.4, 0.5) is 0 Å². The molecule has 1 heterocycles. The van der Waals surface area contributed by atoms with Crippen molar-refractivity contribution < 1.29 is 42.7 Å². The van der Waals surface area contributed by atoms with E-state index in [0.29, 0.717) is 25.0 Å². The summed E-state index contributed by atoms with van der Waals surface area (Å²) in [5.41, 5.74) is 0. The second-order valence-corrected chi connectivity index (χ2v) is 12.4. The highest BCUT2D eigenvalue weighted by Gasteiger charge is 2.36. The molecular formula is C31H57O9P. The Balaban J connectivity index is 2.11. The van der Waals surface area contributed by atoms with E-state index in [4.69, 9.17) is 24.0 Å². The molecule has 41 heavy (non-hydrogen) atoms. The summed E-state index contributed by atoms with van der Waals surface area (Å²) in [6, 6.07) is 0. The van der Waals surface area contributed by atoms with E-state index in [1.807, 2.05) is 0 Å². The Kier molecular flexibility index (Phi) is 22.3. The summed E-state index contributed by atoms with van der Waals surface area (Å²) in [7, 11) is -4.74. The molecule has 1 aliphatic heterocycles. The van der Waals surface area contributed by atoms with Gasteiger partial charge < -0.3 is 24.0 Å². The number of carbonyl (C=O) groups excluding carboxylic acids is 2. The van der Waals surface area contributed by atoms with Crippen LogP contribution in [-0.4, -0.2) is 53.3 Å². The van der Waals surface area contributed by atoms with Crippen molar-refractivity contribution in [3.63, 3.8) is 0 Å². The fraction of sp³-hybridized carbons (Fsp3) is 0.871. The number of unbranched alkanes of at least 4 members (excludes halogenated alkanes) is 13. The summed E-state index contributed by atoms with van der Waals surface area (Å²) in [5, 5.41) is 0. The zero-order chi connectivity index (χ0) is 30.2. The van der Waals surface area contributed by atoms with E-state index in [0.717, 1.165) is 57.8 Å². The Hall–Kier alpha value is -1.25. The van der Waals surface area contributed by atoms with Gasteiger partial charge in [0.05, 0.1) is 18.8 Å². The van der Waals surface area contributed by atoms with Crippen LogP contribution < -0.4 is 0 Å². The SMILES string of the molecule is CCCCCCCCCC(=O)O[C@H](COC(=O)CCCCCCC/C=C\CC1OC1CCCCC)COP(=O)(O)O. The second-order valence-electron chi connectivity index (χ2n) is 11.2. The van der Waals surface area contributed by atoms with E-state index < -0.39 is 32.5 Å². The molecule has 0 amide bonds. The number of allylic oxidation sites excluding steroid dienone is 1. The minimum atomic E-state index is -4.74. The van der Waals surface area contributed by atoms with Crippen LogP contribution >= 0.6 is 7.82 Å². The topological polar surface area (TPSA) is 132 Å². The third-order valence-corrected chi connectivity index (χ3v) is 7.69. The van der Waals surface area contributed by atoms with Gasteiger partial charge >= 0.3 is 19.8 Å². The minimum Gasteiger partial charge on any atom is -0.462 e. The molecule has 0 bridgehead atoms. The number of phosphoric ester groups is 1. The summed E-state index contributed by atoms with van der Waals surface area (Å²) < 4.78 is 31.8. The molecule has 0 radical (unpaired) electrons. The van der Waals surface area contributed by atoms with Gasteiger partial charge in [-0.15, -0.1) is 0 Å². The number of hydrogen-bond acceptors (Lipinski definition) is 7. The number of rotatable bonds is 28. The van der Waals surface area contributed by atoms with E-state index in [2.05, 4.69) is 30.5 Å². The smallest absolute Gasteiger partial charge is 0.462 e. The van der Waals surface area contributed by atoms with E-state index >= 15 is 0 Å². The van der Waals surface area contributed by atoms with E-state index in [-0.39, 0.29) is 19.4 Å². The second kappa shape index (κ2) is 24.2. The van der Waals surface area contributed by atoms with Gasteiger partial charge in [-0.3, -0.25) is 14.1 Å². The maximum atomic E-state index is 12.2. The van der Waals surface area contributed by atoms with Crippen LogP contribution in [0.25, 0.3) is 0 Å². The van der Waals surface area contributed by atoms with Crippen molar-refractivity contribution in [2.75, 3.05) is 13.2 Å². The van der Waals surface area contributed by atoms with Gasteiger partial charge in [0.1, 0.15) is 6.61 Å². The zero-order valence-corrected chi connectivity index (χ0v) is 26.5. The third kappa shape index (κ3) is 23.9. The van der Waals surface area contributed by atoms with Gasteiger partial charge in [0.25, 0.3) is 0 Å². The predicted octanol–water partition coefficient (Wildman–Crippen LogP) is 7.72. The average Bonchev–Trinajstić information content (AvgIpc) is 3.68. The van der Waals surface area contributed by atoms with Gasteiger partial charge in [-0.2, -0.15) is 0 Å². The first-order valence-electron chi connectivity index (χ1n) is 16.1. The van der Waals surface area contributed by atoms with E-state index in [1.54, 1.807) is 0 Å². The normalized spacial score (nSPS) is 17.6. The van der Waals surface area contributed by atoms with Gasteiger partial charge in [0.15, 0.2) is 6.10 Å². The predicted molar refractivity (Wildman–Crippen MR) is 160 cm³/mol. The molecule has 0 saturated carbocycles. The highest BCUT2D eigenvalue weighted by atomic mass is 31.2. The number of esters is 2. The van der Waals surface area contributed by atoms with Crippen molar-refractivity contribution in [2.24, 2.45) is 0 Å². The molecule has 1 fully saturated rings. The first kappa shape index (κ1) is 37.8. The summed E-state index contributed by atoms with van der Waals surface area (Å²) in [6.45, 7) is 3.55. The van der Waals surface area contributed by atoms with Gasteiger partial charge in [-0.25, -0.2) is 4.57 Å². The molecule has 3 atom stereocenters. The maximum absolute atomic E-state index is 12.2. The van der Waals surface area contributed by atoms with Crippen LogP contribution in [0.2, 0.25) is 0 Å². The van der Waals surface area contributed by atoms with Crippen molar-refractivity contribution in [3.05, 3.63) is 12.2 Å². The van der Waals surface area contributed by atoms with Crippen LogP contribution in [-0.2, 0) is 32.9 Å². The lowest BCUT2D eigenvalue weighted by Crippen LogP contribution is -2.29. The fourth-order valence-electron chi connectivity index (χ4n) is 4.67. The number of epoxide rings is 1. The monoisotopic (exact) mass is 604 g/mol. The highest BCUT2D eigenvalue weighted by molar-refractivity contribution is 7.46. The molecule has 2 unspecified atom stereocenters. The number of carbonyl (C=O) groups is 2. The van der Waals surface area contributed by atoms with Crippen LogP contribution in [0.5, 0.6) is 0 Å². The van der Waals surface area contributed by atoms with Gasteiger partial charge in [0, 0.05) is 12.8 Å². The maximum Gasteiger partial charge on any atom is 0.469 e. The Morgan fingerprint density at radius 3 is 2.00 bits per heavy atom. The first-order chi connectivity index (χ1) is 19.7. The van der Waals surface area contributed by atoms with Crippen LogP contribution in [0, 0.1) is 0 Å². The van der Waals surface area contributed by atoms with Crippen molar-refractivity contribution in [2.45, 2.75) is 161 Å². The van der Waals surface area contributed by atoms with Crippen molar-refractivity contribution in [1.29, 1.82) is 0 Å². The molecule has 240 valence electrons. The minimum absolute atomic E-state index is 0.207. The Morgan fingerprint density at radius 2 is 1.34 bits per heavy atom. The summed E-state index contributed by atoms with van der Waals surface area (Å²) in [4.78, 5) is 42.3. The molecule has 10 heteroatoms.